The van der Waals surface area contributed by atoms with Gasteiger partial charge in [0, 0.05) is 19.6 Å². The van der Waals surface area contributed by atoms with Crippen molar-refractivity contribution in [1.82, 2.24) is 9.97 Å². The molecule has 0 radical (unpaired) electrons. The van der Waals surface area contributed by atoms with Crippen LogP contribution in [0.1, 0.15) is 32.6 Å². The molecule has 19 heavy (non-hydrogen) atoms. The Hall–Kier alpha value is -1.92. The van der Waals surface area contributed by atoms with Crippen LogP contribution in [0.25, 0.3) is 0 Å². The van der Waals surface area contributed by atoms with Crippen molar-refractivity contribution in [3.05, 3.63) is 16.3 Å². The average Bonchev–Trinajstić information content (AvgIpc) is 2.33. The van der Waals surface area contributed by atoms with Gasteiger partial charge in [-0.05, 0) is 25.7 Å². The summed E-state index contributed by atoms with van der Waals surface area (Å²) in [6.45, 7) is 2.80. The van der Waals surface area contributed by atoms with E-state index in [4.69, 9.17) is 0 Å². The highest BCUT2D eigenvalue weighted by Gasteiger charge is 2.29. The van der Waals surface area contributed by atoms with Gasteiger partial charge < -0.3 is 10.2 Å². The van der Waals surface area contributed by atoms with Gasteiger partial charge in [0.15, 0.2) is 0 Å². The second-order valence-electron chi connectivity index (χ2n) is 4.78. The lowest BCUT2D eigenvalue weighted by Gasteiger charge is -2.35. The third-order valence-electron chi connectivity index (χ3n) is 3.44. The lowest BCUT2D eigenvalue weighted by Crippen LogP contribution is -2.38. The zero-order chi connectivity index (χ0) is 13.8. The van der Waals surface area contributed by atoms with E-state index in [-0.39, 0.29) is 5.69 Å². The molecule has 0 atom stereocenters. The second kappa shape index (κ2) is 5.81. The Morgan fingerprint density at radius 1 is 1.58 bits per heavy atom. The molecule has 0 saturated heterocycles. The highest BCUT2D eigenvalue weighted by atomic mass is 16.6. The van der Waals surface area contributed by atoms with Gasteiger partial charge in [-0.2, -0.15) is 4.98 Å². The van der Waals surface area contributed by atoms with Crippen molar-refractivity contribution in [2.75, 3.05) is 23.8 Å². The van der Waals surface area contributed by atoms with Gasteiger partial charge in [0.25, 0.3) is 0 Å². The van der Waals surface area contributed by atoms with Crippen molar-refractivity contribution in [2.24, 2.45) is 0 Å². The first-order chi connectivity index (χ1) is 9.13. The molecule has 1 heterocycles. The van der Waals surface area contributed by atoms with Crippen molar-refractivity contribution in [1.29, 1.82) is 0 Å². The first-order valence-corrected chi connectivity index (χ1v) is 6.61. The van der Waals surface area contributed by atoms with E-state index in [1.54, 1.807) is 0 Å². The Morgan fingerprint density at radius 2 is 2.32 bits per heavy atom. The summed E-state index contributed by atoms with van der Waals surface area (Å²) in [6.07, 6.45) is 5.54. The maximum atomic E-state index is 11.1. The zero-order valence-electron chi connectivity index (χ0n) is 11.3. The molecule has 104 valence electrons. The van der Waals surface area contributed by atoms with Crippen molar-refractivity contribution in [3.63, 3.8) is 0 Å². The largest absolute Gasteiger partial charge is 0.354 e. The average molecular weight is 265 g/mol. The summed E-state index contributed by atoms with van der Waals surface area (Å²) in [5.41, 5.74) is -0.0311. The van der Waals surface area contributed by atoms with Crippen LogP contribution in [-0.4, -0.2) is 34.5 Å². The van der Waals surface area contributed by atoms with E-state index >= 15 is 0 Å². The minimum Gasteiger partial charge on any atom is -0.354 e. The van der Waals surface area contributed by atoms with Crippen molar-refractivity contribution >= 4 is 17.5 Å². The minimum atomic E-state index is -0.423. The summed E-state index contributed by atoms with van der Waals surface area (Å²) >= 11 is 0. The van der Waals surface area contributed by atoms with Gasteiger partial charge >= 0.3 is 5.69 Å². The Morgan fingerprint density at radius 3 is 2.84 bits per heavy atom. The Kier molecular flexibility index (Phi) is 4.13. The van der Waals surface area contributed by atoms with Crippen LogP contribution in [0.15, 0.2) is 6.20 Å². The molecule has 1 saturated carbocycles. The molecule has 7 heteroatoms. The van der Waals surface area contributed by atoms with Gasteiger partial charge in [0.1, 0.15) is 6.20 Å². The molecule has 0 spiro atoms. The standard InChI is InChI=1S/C12H19N5O2/c1-3-7-13-12-14-8-10(17(18)19)11(15-12)16(2)9-5-4-6-9/h8-9H,3-7H2,1-2H3,(H,13,14,15). The number of nitrogens with one attached hydrogen (secondary N) is 1. The van der Waals surface area contributed by atoms with E-state index in [2.05, 4.69) is 15.3 Å². The van der Waals surface area contributed by atoms with Gasteiger partial charge in [0.2, 0.25) is 11.8 Å². The molecule has 0 bridgehead atoms. The van der Waals surface area contributed by atoms with Crippen molar-refractivity contribution in [2.45, 2.75) is 38.6 Å². The molecule has 1 aliphatic carbocycles. The van der Waals surface area contributed by atoms with Gasteiger partial charge in [-0.15, -0.1) is 0 Å². The van der Waals surface area contributed by atoms with E-state index in [9.17, 15) is 10.1 Å². The van der Waals surface area contributed by atoms with E-state index in [1.807, 2.05) is 18.9 Å². The monoisotopic (exact) mass is 265 g/mol. The summed E-state index contributed by atoms with van der Waals surface area (Å²) in [6, 6.07) is 0.354. The van der Waals surface area contributed by atoms with Crippen LogP contribution in [0.3, 0.4) is 0 Å². The number of nitro groups is 1. The number of hydrogen-bond donors (Lipinski definition) is 1. The summed E-state index contributed by atoms with van der Waals surface area (Å²) in [4.78, 5) is 20.8. The molecule has 0 unspecified atom stereocenters. The topological polar surface area (TPSA) is 84.2 Å². The SMILES string of the molecule is CCCNc1ncc([N+](=O)[O-])c(N(C)C2CCC2)n1. The van der Waals surface area contributed by atoms with Crippen molar-refractivity contribution in [3.8, 4) is 0 Å². The third kappa shape index (κ3) is 2.91. The summed E-state index contributed by atoms with van der Waals surface area (Å²) in [5, 5.41) is 14.1. The van der Waals surface area contributed by atoms with Gasteiger partial charge in [-0.3, -0.25) is 10.1 Å². The summed E-state index contributed by atoms with van der Waals surface area (Å²) in [5.74, 6) is 0.858. The minimum absolute atomic E-state index is 0.0311. The van der Waals surface area contributed by atoms with Gasteiger partial charge in [-0.25, -0.2) is 4.98 Å². The lowest BCUT2D eigenvalue weighted by atomic mass is 9.92. The number of nitrogens with zero attached hydrogens (tertiary/aromatic N) is 4. The number of aromatic nitrogens is 2. The fourth-order valence-corrected chi connectivity index (χ4v) is 2.02. The van der Waals surface area contributed by atoms with E-state index in [1.165, 1.54) is 12.6 Å². The maximum Gasteiger partial charge on any atom is 0.329 e. The number of anilines is 2. The van der Waals surface area contributed by atoms with Gasteiger partial charge in [0.05, 0.1) is 4.92 Å². The van der Waals surface area contributed by atoms with Crippen LogP contribution in [0.2, 0.25) is 0 Å². The summed E-state index contributed by atoms with van der Waals surface area (Å²) in [7, 11) is 1.86. The number of rotatable bonds is 6. The second-order valence-corrected chi connectivity index (χ2v) is 4.78. The fraction of sp³-hybridized carbons (Fsp3) is 0.667. The van der Waals surface area contributed by atoms with Crippen LogP contribution in [0.4, 0.5) is 17.5 Å². The molecule has 1 N–H and O–H groups in total. The maximum absolute atomic E-state index is 11.1. The first kappa shape index (κ1) is 13.5. The predicted molar refractivity (Wildman–Crippen MR) is 73.5 cm³/mol. The molecule has 1 fully saturated rings. The molecular formula is C12H19N5O2. The Balaban J connectivity index is 2.26. The van der Waals surface area contributed by atoms with E-state index < -0.39 is 4.92 Å². The van der Waals surface area contributed by atoms with Crippen LogP contribution < -0.4 is 10.2 Å². The molecule has 0 amide bonds. The Bertz CT molecular complexity index is 461. The normalized spacial score (nSPS) is 14.8. The smallest absolute Gasteiger partial charge is 0.329 e. The van der Waals surface area contributed by atoms with Crippen LogP contribution in [0.5, 0.6) is 0 Å². The molecule has 0 aliphatic heterocycles. The third-order valence-corrected chi connectivity index (χ3v) is 3.44. The van der Waals surface area contributed by atoms with Crippen LogP contribution in [0, 0.1) is 10.1 Å². The van der Waals surface area contributed by atoms with E-state index in [0.29, 0.717) is 17.8 Å². The molecule has 2 rings (SSSR count). The van der Waals surface area contributed by atoms with Crippen LogP contribution in [-0.2, 0) is 0 Å². The molecule has 1 aromatic heterocycles. The quantitative estimate of drug-likeness (QED) is 0.627. The molecule has 7 nitrogen and oxygen atoms in total. The fourth-order valence-electron chi connectivity index (χ4n) is 2.02. The van der Waals surface area contributed by atoms with Crippen LogP contribution >= 0.6 is 0 Å². The lowest BCUT2D eigenvalue weighted by molar-refractivity contribution is -0.384. The molecule has 1 aliphatic rings. The van der Waals surface area contributed by atoms with E-state index in [0.717, 1.165) is 25.8 Å². The molecule has 0 aromatic carbocycles. The zero-order valence-corrected chi connectivity index (χ0v) is 11.3. The Labute approximate surface area is 112 Å². The molecular weight excluding hydrogens is 246 g/mol. The molecule has 1 aromatic rings. The highest BCUT2D eigenvalue weighted by Crippen LogP contribution is 2.32. The van der Waals surface area contributed by atoms with Gasteiger partial charge in [-0.1, -0.05) is 6.92 Å². The highest BCUT2D eigenvalue weighted by molar-refractivity contribution is 5.59. The van der Waals surface area contributed by atoms with Crippen molar-refractivity contribution < 1.29 is 4.92 Å². The first-order valence-electron chi connectivity index (χ1n) is 6.61. The number of hydrogen-bond acceptors (Lipinski definition) is 6. The summed E-state index contributed by atoms with van der Waals surface area (Å²) < 4.78 is 0. The predicted octanol–water partition coefficient (Wildman–Crippen LogP) is 2.20.